The molecule has 1 fully saturated rings. The summed E-state index contributed by atoms with van der Waals surface area (Å²) in [6.45, 7) is 3.42. The Labute approximate surface area is 80.0 Å². The van der Waals surface area contributed by atoms with Crippen molar-refractivity contribution in [3.8, 4) is 0 Å². The molecule has 0 aromatic carbocycles. The van der Waals surface area contributed by atoms with Gasteiger partial charge in [-0.25, -0.2) is 0 Å². The van der Waals surface area contributed by atoms with E-state index in [0.717, 1.165) is 18.4 Å². The molecule has 3 nitrogen and oxygen atoms in total. The molecule has 1 atom stereocenters. The van der Waals surface area contributed by atoms with Crippen molar-refractivity contribution in [3.05, 3.63) is 0 Å². The number of aliphatic imine (C=N–C) groups is 1. The third kappa shape index (κ3) is 1.85. The molecule has 0 aromatic heterocycles. The Morgan fingerprint density at radius 2 is 2.08 bits per heavy atom. The summed E-state index contributed by atoms with van der Waals surface area (Å²) in [7, 11) is 2.00. The summed E-state index contributed by atoms with van der Waals surface area (Å²) in [6.07, 6.45) is 3.91. The zero-order valence-electron chi connectivity index (χ0n) is 8.34. The molecule has 0 spiro atoms. The maximum atomic E-state index is 4.50. The van der Waals surface area contributed by atoms with Gasteiger partial charge in [-0.2, -0.15) is 0 Å². The molecule has 0 saturated carbocycles. The Hall–Kier alpha value is -0.570. The van der Waals surface area contributed by atoms with E-state index in [1.807, 2.05) is 7.05 Å². The predicted octanol–water partition coefficient (Wildman–Crippen LogP) is 0.624. The van der Waals surface area contributed by atoms with E-state index in [4.69, 9.17) is 0 Å². The summed E-state index contributed by atoms with van der Waals surface area (Å²) in [5.41, 5.74) is 0. The van der Waals surface area contributed by atoms with E-state index in [1.54, 1.807) is 0 Å². The fourth-order valence-corrected chi connectivity index (χ4v) is 2.55. The first-order valence-electron chi connectivity index (χ1n) is 5.34. The molecule has 2 rings (SSSR count). The quantitative estimate of drug-likeness (QED) is 0.622. The van der Waals surface area contributed by atoms with Crippen LogP contribution in [0.2, 0.25) is 0 Å². The second kappa shape index (κ2) is 4.09. The second-order valence-electron chi connectivity index (χ2n) is 4.00. The van der Waals surface area contributed by atoms with Crippen LogP contribution < -0.4 is 10.6 Å². The molecule has 0 aromatic rings. The highest BCUT2D eigenvalue weighted by molar-refractivity contribution is 5.86. The zero-order valence-corrected chi connectivity index (χ0v) is 8.34. The van der Waals surface area contributed by atoms with E-state index in [1.165, 1.54) is 38.2 Å². The summed E-state index contributed by atoms with van der Waals surface area (Å²) >= 11 is 0. The molecule has 13 heavy (non-hydrogen) atoms. The van der Waals surface area contributed by atoms with Gasteiger partial charge < -0.3 is 10.6 Å². The van der Waals surface area contributed by atoms with Crippen LogP contribution in [-0.2, 0) is 0 Å². The van der Waals surface area contributed by atoms with Crippen LogP contribution in [0.4, 0.5) is 0 Å². The topological polar surface area (TPSA) is 36.4 Å². The minimum absolute atomic E-state index is 0.729. The van der Waals surface area contributed by atoms with E-state index in [-0.39, 0.29) is 0 Å². The smallest absolute Gasteiger partial charge is 0.0995 e. The number of amidine groups is 1. The highest BCUT2D eigenvalue weighted by Crippen LogP contribution is 2.28. The van der Waals surface area contributed by atoms with E-state index >= 15 is 0 Å². The van der Waals surface area contributed by atoms with Gasteiger partial charge in [-0.3, -0.25) is 4.99 Å². The van der Waals surface area contributed by atoms with Crippen molar-refractivity contribution < 1.29 is 0 Å². The van der Waals surface area contributed by atoms with Crippen LogP contribution in [0, 0.1) is 11.8 Å². The monoisotopic (exact) mass is 181 g/mol. The summed E-state index contributed by atoms with van der Waals surface area (Å²) < 4.78 is 0. The van der Waals surface area contributed by atoms with Gasteiger partial charge in [0.25, 0.3) is 0 Å². The predicted molar refractivity (Wildman–Crippen MR) is 55.1 cm³/mol. The maximum absolute atomic E-state index is 4.50. The van der Waals surface area contributed by atoms with Gasteiger partial charge in [-0.15, -0.1) is 0 Å². The lowest BCUT2D eigenvalue weighted by molar-refractivity contribution is 0.309. The Morgan fingerprint density at radius 1 is 1.31 bits per heavy atom. The van der Waals surface area contributed by atoms with Gasteiger partial charge in [0, 0.05) is 19.5 Å². The molecule has 0 aliphatic carbocycles. The average Bonchev–Trinajstić information content (AvgIpc) is 2.67. The van der Waals surface area contributed by atoms with Crippen molar-refractivity contribution in [2.75, 3.05) is 26.7 Å². The van der Waals surface area contributed by atoms with Crippen molar-refractivity contribution in [2.24, 2.45) is 16.8 Å². The largest absolute Gasteiger partial charge is 0.377 e. The van der Waals surface area contributed by atoms with E-state index < -0.39 is 0 Å². The minimum Gasteiger partial charge on any atom is -0.377 e. The van der Waals surface area contributed by atoms with Crippen LogP contribution >= 0.6 is 0 Å². The Bertz CT molecular complexity index is 194. The van der Waals surface area contributed by atoms with Gasteiger partial charge in [0.05, 0.1) is 5.84 Å². The van der Waals surface area contributed by atoms with Gasteiger partial charge in [0.1, 0.15) is 0 Å². The molecule has 74 valence electrons. The molecule has 1 saturated heterocycles. The summed E-state index contributed by atoms with van der Waals surface area (Å²) in [6, 6.07) is 0. The molecule has 2 N–H and O–H groups in total. The first-order chi connectivity index (χ1) is 6.42. The fourth-order valence-electron chi connectivity index (χ4n) is 2.55. The van der Waals surface area contributed by atoms with Crippen molar-refractivity contribution in [1.82, 2.24) is 10.6 Å². The molecular weight excluding hydrogens is 162 g/mol. The third-order valence-corrected chi connectivity index (χ3v) is 3.28. The van der Waals surface area contributed by atoms with Crippen LogP contribution in [0.1, 0.15) is 19.3 Å². The first kappa shape index (κ1) is 9.00. The van der Waals surface area contributed by atoms with Gasteiger partial charge in [-0.05, 0) is 38.3 Å². The third-order valence-electron chi connectivity index (χ3n) is 3.28. The molecule has 0 bridgehead atoms. The lowest BCUT2D eigenvalue weighted by Crippen LogP contribution is -2.36. The summed E-state index contributed by atoms with van der Waals surface area (Å²) in [5, 5.41) is 6.65. The molecule has 2 aliphatic heterocycles. The van der Waals surface area contributed by atoms with Crippen LogP contribution in [0.15, 0.2) is 4.99 Å². The number of nitrogens with one attached hydrogen (secondary N) is 2. The van der Waals surface area contributed by atoms with Crippen LogP contribution in [-0.4, -0.2) is 32.5 Å². The number of hydrogen-bond acceptors (Lipinski definition) is 3. The average molecular weight is 181 g/mol. The van der Waals surface area contributed by atoms with Gasteiger partial charge >= 0.3 is 0 Å². The Balaban J connectivity index is 1.95. The minimum atomic E-state index is 0.729. The Morgan fingerprint density at radius 3 is 2.77 bits per heavy atom. The number of nitrogens with zero attached hydrogens (tertiary/aromatic N) is 1. The SMILES string of the molecule is CNC1=NCCC1C1CCNCC1. The number of hydrogen-bond donors (Lipinski definition) is 2. The standard InChI is InChI=1S/C10H19N3/c1-11-10-9(4-7-13-10)8-2-5-12-6-3-8/h8-9,12H,2-7H2,1H3,(H,11,13). The molecule has 0 radical (unpaired) electrons. The fraction of sp³-hybridized carbons (Fsp3) is 0.900. The number of rotatable bonds is 1. The van der Waals surface area contributed by atoms with Crippen molar-refractivity contribution in [3.63, 3.8) is 0 Å². The second-order valence-corrected chi connectivity index (χ2v) is 4.00. The van der Waals surface area contributed by atoms with Gasteiger partial charge in [0.2, 0.25) is 0 Å². The van der Waals surface area contributed by atoms with Crippen LogP contribution in [0.25, 0.3) is 0 Å². The molecule has 3 heteroatoms. The maximum Gasteiger partial charge on any atom is 0.0995 e. The normalized spacial score (nSPS) is 30.2. The van der Waals surface area contributed by atoms with E-state index in [9.17, 15) is 0 Å². The molecule has 1 unspecified atom stereocenters. The Kier molecular flexibility index (Phi) is 2.83. The zero-order chi connectivity index (χ0) is 9.10. The summed E-state index contributed by atoms with van der Waals surface area (Å²) in [5.74, 6) is 2.86. The molecule has 2 aliphatic rings. The molecular formula is C10H19N3. The van der Waals surface area contributed by atoms with Gasteiger partial charge in [0.15, 0.2) is 0 Å². The van der Waals surface area contributed by atoms with Crippen molar-refractivity contribution >= 4 is 5.84 Å². The van der Waals surface area contributed by atoms with Gasteiger partial charge in [-0.1, -0.05) is 0 Å². The highest BCUT2D eigenvalue weighted by Gasteiger charge is 2.29. The van der Waals surface area contributed by atoms with Crippen molar-refractivity contribution in [1.29, 1.82) is 0 Å². The van der Waals surface area contributed by atoms with E-state index in [2.05, 4.69) is 15.6 Å². The van der Waals surface area contributed by atoms with Crippen LogP contribution in [0.3, 0.4) is 0 Å². The lowest BCUT2D eigenvalue weighted by Gasteiger charge is -2.28. The molecule has 0 amide bonds. The first-order valence-corrected chi connectivity index (χ1v) is 5.34. The highest BCUT2D eigenvalue weighted by atomic mass is 15.0. The van der Waals surface area contributed by atoms with E-state index in [0.29, 0.717) is 0 Å². The molecule has 2 heterocycles. The number of piperidine rings is 1. The van der Waals surface area contributed by atoms with Crippen LogP contribution in [0.5, 0.6) is 0 Å². The lowest BCUT2D eigenvalue weighted by atomic mass is 9.83. The van der Waals surface area contributed by atoms with Crippen molar-refractivity contribution in [2.45, 2.75) is 19.3 Å². The summed E-state index contributed by atoms with van der Waals surface area (Å²) in [4.78, 5) is 4.50.